The molecular formula is C16H22N2OS. The summed E-state index contributed by atoms with van der Waals surface area (Å²) >= 11 is 1.80. The van der Waals surface area contributed by atoms with Gasteiger partial charge in [0.1, 0.15) is 11.7 Å². The van der Waals surface area contributed by atoms with Gasteiger partial charge in [-0.25, -0.2) is 0 Å². The van der Waals surface area contributed by atoms with Crippen molar-refractivity contribution in [2.24, 2.45) is 0 Å². The average molecular weight is 290 g/mol. The summed E-state index contributed by atoms with van der Waals surface area (Å²) in [6.45, 7) is 4.25. The molecule has 3 nitrogen and oxygen atoms in total. The van der Waals surface area contributed by atoms with E-state index in [1.54, 1.807) is 11.8 Å². The number of hydrogen-bond donors (Lipinski definition) is 1. The molecule has 2 atom stereocenters. The first-order chi connectivity index (χ1) is 9.57. The predicted molar refractivity (Wildman–Crippen MR) is 83.7 cm³/mol. The first-order valence-electron chi connectivity index (χ1n) is 7.23. The van der Waals surface area contributed by atoms with Crippen LogP contribution in [-0.2, 0) is 4.79 Å². The maximum absolute atomic E-state index is 12.7. The monoisotopic (exact) mass is 290 g/mol. The van der Waals surface area contributed by atoms with E-state index in [9.17, 15) is 4.79 Å². The van der Waals surface area contributed by atoms with Crippen molar-refractivity contribution >= 4 is 17.7 Å². The van der Waals surface area contributed by atoms with Crippen LogP contribution in [0.2, 0.25) is 0 Å². The molecule has 2 aliphatic rings. The number of nitrogens with zero attached hydrogens (tertiary/aromatic N) is 1. The van der Waals surface area contributed by atoms with Crippen molar-refractivity contribution in [3.63, 3.8) is 0 Å². The second kappa shape index (κ2) is 5.08. The van der Waals surface area contributed by atoms with Crippen LogP contribution in [0.15, 0.2) is 24.3 Å². The number of amides is 1. The highest BCUT2D eigenvalue weighted by Gasteiger charge is 2.60. The number of carbonyl (C=O) groups is 1. The van der Waals surface area contributed by atoms with Crippen molar-refractivity contribution in [2.45, 2.75) is 44.4 Å². The van der Waals surface area contributed by atoms with Gasteiger partial charge in [0.05, 0.1) is 0 Å². The first kappa shape index (κ1) is 14.0. The highest BCUT2D eigenvalue weighted by molar-refractivity contribution is 7.98. The number of thioether (sulfide) groups is 1. The zero-order valence-corrected chi connectivity index (χ0v) is 13.2. The van der Waals surface area contributed by atoms with Gasteiger partial charge in [-0.2, -0.15) is 11.8 Å². The van der Waals surface area contributed by atoms with Crippen LogP contribution in [-0.4, -0.2) is 34.4 Å². The molecule has 1 aliphatic carbocycles. The van der Waals surface area contributed by atoms with E-state index in [4.69, 9.17) is 0 Å². The molecule has 1 amide bonds. The third-order valence-corrected chi connectivity index (χ3v) is 5.14. The third kappa shape index (κ3) is 2.25. The summed E-state index contributed by atoms with van der Waals surface area (Å²) in [5.41, 5.74) is 2.20. The number of aryl methyl sites for hydroxylation is 1. The first-order valence-corrected chi connectivity index (χ1v) is 8.63. The quantitative estimate of drug-likeness (QED) is 0.925. The Morgan fingerprint density at radius 2 is 2.25 bits per heavy atom. The van der Waals surface area contributed by atoms with E-state index in [1.807, 2.05) is 0 Å². The third-order valence-electron chi connectivity index (χ3n) is 4.33. The largest absolute Gasteiger partial charge is 0.318 e. The fourth-order valence-corrected chi connectivity index (χ4v) is 3.74. The SMILES string of the molecule is CSCC(C)N1C(=O)C2(CC2)NC1c1cccc(C)c1. The van der Waals surface area contributed by atoms with E-state index in [2.05, 4.69) is 54.6 Å². The molecule has 1 spiro atoms. The number of carbonyl (C=O) groups excluding carboxylic acids is 1. The van der Waals surface area contributed by atoms with Crippen LogP contribution in [0.25, 0.3) is 0 Å². The molecule has 2 unspecified atom stereocenters. The van der Waals surface area contributed by atoms with Gasteiger partial charge in [-0.05, 0) is 38.5 Å². The van der Waals surface area contributed by atoms with Gasteiger partial charge in [0.2, 0.25) is 5.91 Å². The van der Waals surface area contributed by atoms with E-state index < -0.39 is 0 Å². The molecule has 1 saturated carbocycles. The maximum atomic E-state index is 12.7. The molecular weight excluding hydrogens is 268 g/mol. The Bertz CT molecular complexity index is 527. The van der Waals surface area contributed by atoms with Crippen molar-refractivity contribution < 1.29 is 4.79 Å². The van der Waals surface area contributed by atoms with Gasteiger partial charge in [0, 0.05) is 11.8 Å². The van der Waals surface area contributed by atoms with Crippen LogP contribution in [0.5, 0.6) is 0 Å². The molecule has 1 N–H and O–H groups in total. The van der Waals surface area contributed by atoms with Gasteiger partial charge in [-0.3, -0.25) is 10.1 Å². The number of hydrogen-bond acceptors (Lipinski definition) is 3. The minimum Gasteiger partial charge on any atom is -0.318 e. The Hall–Kier alpha value is -1.00. The average Bonchev–Trinajstić information content (AvgIpc) is 3.12. The lowest BCUT2D eigenvalue weighted by molar-refractivity contribution is -0.132. The molecule has 1 heterocycles. The molecule has 1 aromatic rings. The van der Waals surface area contributed by atoms with E-state index in [1.165, 1.54) is 11.1 Å². The van der Waals surface area contributed by atoms with Crippen molar-refractivity contribution in [1.82, 2.24) is 10.2 Å². The van der Waals surface area contributed by atoms with E-state index in [0.29, 0.717) is 5.91 Å². The second-order valence-electron chi connectivity index (χ2n) is 6.06. The Labute approximate surface area is 125 Å². The van der Waals surface area contributed by atoms with Gasteiger partial charge in [0.15, 0.2) is 0 Å². The van der Waals surface area contributed by atoms with Crippen LogP contribution in [0.3, 0.4) is 0 Å². The van der Waals surface area contributed by atoms with Crippen molar-refractivity contribution in [2.75, 3.05) is 12.0 Å². The highest BCUT2D eigenvalue weighted by atomic mass is 32.2. The fourth-order valence-electron chi connectivity index (χ4n) is 3.10. The Balaban J connectivity index is 1.93. The molecule has 4 heteroatoms. The van der Waals surface area contributed by atoms with Crippen molar-refractivity contribution in [3.8, 4) is 0 Å². The van der Waals surface area contributed by atoms with Crippen LogP contribution in [0.1, 0.15) is 37.1 Å². The Kier molecular flexibility index (Phi) is 3.55. The van der Waals surface area contributed by atoms with Crippen LogP contribution >= 0.6 is 11.8 Å². The number of nitrogens with one attached hydrogen (secondary N) is 1. The minimum atomic E-state index is -0.249. The standard InChI is InChI=1S/C16H22N2OS/c1-11-5-4-6-13(9-11)14-17-16(7-8-16)15(19)18(14)12(2)10-20-3/h4-6,9,12,14,17H,7-8,10H2,1-3H3. The maximum Gasteiger partial charge on any atom is 0.244 e. The normalized spacial score (nSPS) is 25.2. The molecule has 20 heavy (non-hydrogen) atoms. The second-order valence-corrected chi connectivity index (χ2v) is 6.97. The summed E-state index contributed by atoms with van der Waals surface area (Å²) in [6.07, 6.45) is 4.10. The van der Waals surface area contributed by atoms with Crippen LogP contribution in [0.4, 0.5) is 0 Å². The summed E-state index contributed by atoms with van der Waals surface area (Å²) in [4.78, 5) is 14.8. The molecule has 0 bridgehead atoms. The lowest BCUT2D eigenvalue weighted by atomic mass is 10.1. The smallest absolute Gasteiger partial charge is 0.244 e. The van der Waals surface area contributed by atoms with E-state index in [0.717, 1.165) is 18.6 Å². The van der Waals surface area contributed by atoms with Gasteiger partial charge in [-0.15, -0.1) is 0 Å². The van der Waals surface area contributed by atoms with Crippen molar-refractivity contribution in [1.29, 1.82) is 0 Å². The van der Waals surface area contributed by atoms with Crippen LogP contribution < -0.4 is 5.32 Å². The van der Waals surface area contributed by atoms with E-state index in [-0.39, 0.29) is 17.7 Å². The van der Waals surface area contributed by atoms with E-state index >= 15 is 0 Å². The molecule has 0 radical (unpaired) electrons. The van der Waals surface area contributed by atoms with Crippen molar-refractivity contribution in [3.05, 3.63) is 35.4 Å². The molecule has 2 fully saturated rings. The Morgan fingerprint density at radius 3 is 2.85 bits per heavy atom. The zero-order valence-electron chi connectivity index (χ0n) is 12.3. The number of benzene rings is 1. The van der Waals surface area contributed by atoms with Gasteiger partial charge >= 0.3 is 0 Å². The summed E-state index contributed by atoms with van der Waals surface area (Å²) < 4.78 is 0. The summed E-state index contributed by atoms with van der Waals surface area (Å²) in [5.74, 6) is 1.27. The summed E-state index contributed by atoms with van der Waals surface area (Å²) in [7, 11) is 0. The molecule has 108 valence electrons. The van der Waals surface area contributed by atoms with Gasteiger partial charge in [0.25, 0.3) is 0 Å². The summed E-state index contributed by atoms with van der Waals surface area (Å²) in [5, 5.41) is 3.59. The lowest BCUT2D eigenvalue weighted by Crippen LogP contribution is -2.40. The molecule has 1 aromatic carbocycles. The number of rotatable bonds is 4. The predicted octanol–water partition coefficient (Wildman–Crippen LogP) is 2.71. The summed E-state index contributed by atoms with van der Waals surface area (Å²) in [6, 6.07) is 8.74. The fraction of sp³-hybridized carbons (Fsp3) is 0.562. The molecule has 3 rings (SSSR count). The van der Waals surface area contributed by atoms with Crippen LogP contribution in [0, 0.1) is 6.92 Å². The van der Waals surface area contributed by atoms with Gasteiger partial charge < -0.3 is 4.90 Å². The molecule has 1 aliphatic heterocycles. The minimum absolute atomic E-state index is 0.0343. The topological polar surface area (TPSA) is 32.3 Å². The lowest BCUT2D eigenvalue weighted by Gasteiger charge is -2.30. The molecule has 0 aromatic heterocycles. The Morgan fingerprint density at radius 1 is 1.50 bits per heavy atom. The molecule has 1 saturated heterocycles. The zero-order chi connectivity index (χ0) is 14.3. The van der Waals surface area contributed by atoms with Gasteiger partial charge in [-0.1, -0.05) is 29.8 Å². The highest BCUT2D eigenvalue weighted by Crippen LogP contribution is 2.46.